The predicted octanol–water partition coefficient (Wildman–Crippen LogP) is 1.76. The third-order valence-corrected chi connectivity index (χ3v) is 2.31. The van der Waals surface area contributed by atoms with Crippen molar-refractivity contribution in [3.8, 4) is 5.75 Å². The number of carbonyl (C=O) groups is 1. The van der Waals surface area contributed by atoms with Crippen molar-refractivity contribution >= 4 is 17.3 Å². The summed E-state index contributed by atoms with van der Waals surface area (Å²) in [4.78, 5) is 15.5. The maximum atomic E-state index is 12.8. The molecule has 1 heterocycles. The van der Waals surface area contributed by atoms with E-state index in [-0.39, 0.29) is 22.7 Å². The van der Waals surface area contributed by atoms with Crippen molar-refractivity contribution in [2.45, 2.75) is 0 Å². The molecule has 1 aromatic heterocycles. The Hall–Kier alpha value is -2.63. The number of pyridine rings is 1. The van der Waals surface area contributed by atoms with E-state index in [9.17, 15) is 14.3 Å². The smallest absolute Gasteiger partial charge is 0.259 e. The Labute approximate surface area is 102 Å². The molecule has 6 heteroatoms. The molecule has 0 spiro atoms. The minimum absolute atomic E-state index is 0.0636. The zero-order valence-electron chi connectivity index (χ0n) is 9.22. The van der Waals surface area contributed by atoms with E-state index in [0.717, 1.165) is 12.3 Å². The Balaban J connectivity index is 2.24. The van der Waals surface area contributed by atoms with Crippen LogP contribution in [0.5, 0.6) is 5.75 Å². The molecule has 0 aliphatic carbocycles. The Morgan fingerprint density at radius 2 is 2.17 bits per heavy atom. The van der Waals surface area contributed by atoms with Gasteiger partial charge >= 0.3 is 0 Å². The van der Waals surface area contributed by atoms with Gasteiger partial charge in [-0.1, -0.05) is 0 Å². The third-order valence-electron chi connectivity index (χ3n) is 2.31. The van der Waals surface area contributed by atoms with E-state index in [0.29, 0.717) is 0 Å². The number of nitrogens with one attached hydrogen (secondary N) is 1. The highest BCUT2D eigenvalue weighted by Gasteiger charge is 2.12. The number of hydrogen-bond acceptors (Lipinski definition) is 4. The second-order valence-electron chi connectivity index (χ2n) is 3.58. The lowest BCUT2D eigenvalue weighted by Crippen LogP contribution is -2.13. The van der Waals surface area contributed by atoms with Gasteiger partial charge in [-0.3, -0.25) is 9.78 Å². The van der Waals surface area contributed by atoms with Crippen molar-refractivity contribution < 1.29 is 14.3 Å². The lowest BCUT2D eigenvalue weighted by molar-refractivity contribution is 0.102. The van der Waals surface area contributed by atoms with Crippen LogP contribution in [0.1, 0.15) is 10.4 Å². The number of nitrogens with two attached hydrogens (primary N) is 1. The number of anilines is 2. The van der Waals surface area contributed by atoms with Crippen LogP contribution in [0.3, 0.4) is 0 Å². The summed E-state index contributed by atoms with van der Waals surface area (Å²) in [6, 6.07) is 4.99. The average molecular weight is 247 g/mol. The Bertz CT molecular complexity index is 602. The zero-order valence-corrected chi connectivity index (χ0v) is 9.22. The fourth-order valence-corrected chi connectivity index (χ4v) is 1.42. The molecule has 92 valence electrons. The van der Waals surface area contributed by atoms with E-state index in [1.54, 1.807) is 0 Å². The van der Waals surface area contributed by atoms with E-state index < -0.39 is 11.7 Å². The van der Waals surface area contributed by atoms with Gasteiger partial charge in [-0.05, 0) is 24.3 Å². The molecule has 5 nitrogen and oxygen atoms in total. The molecule has 18 heavy (non-hydrogen) atoms. The highest BCUT2D eigenvalue weighted by atomic mass is 19.1. The number of rotatable bonds is 2. The summed E-state index contributed by atoms with van der Waals surface area (Å²) < 4.78 is 12.8. The minimum Gasteiger partial charge on any atom is -0.505 e. The molecule has 4 N–H and O–H groups in total. The van der Waals surface area contributed by atoms with Gasteiger partial charge in [0.1, 0.15) is 11.6 Å². The predicted molar refractivity (Wildman–Crippen MR) is 64.7 cm³/mol. The van der Waals surface area contributed by atoms with E-state index in [4.69, 9.17) is 5.73 Å². The lowest BCUT2D eigenvalue weighted by atomic mass is 10.2. The van der Waals surface area contributed by atoms with E-state index in [2.05, 4.69) is 10.3 Å². The molecule has 0 saturated carbocycles. The first-order chi connectivity index (χ1) is 8.58. The largest absolute Gasteiger partial charge is 0.505 e. The number of hydrogen-bond donors (Lipinski definition) is 3. The first kappa shape index (κ1) is 11.8. The topological polar surface area (TPSA) is 88.2 Å². The van der Waals surface area contributed by atoms with Gasteiger partial charge in [-0.15, -0.1) is 0 Å². The molecule has 2 rings (SSSR count). The van der Waals surface area contributed by atoms with Gasteiger partial charge in [0.05, 0.1) is 23.1 Å². The van der Waals surface area contributed by atoms with Gasteiger partial charge in [0.2, 0.25) is 0 Å². The van der Waals surface area contributed by atoms with E-state index in [1.807, 2.05) is 0 Å². The summed E-state index contributed by atoms with van der Waals surface area (Å²) >= 11 is 0. The Morgan fingerprint density at radius 3 is 2.83 bits per heavy atom. The lowest BCUT2D eigenvalue weighted by Gasteiger charge is -2.08. The van der Waals surface area contributed by atoms with E-state index in [1.165, 1.54) is 24.4 Å². The van der Waals surface area contributed by atoms with Crippen LogP contribution in [0, 0.1) is 5.82 Å². The van der Waals surface area contributed by atoms with Gasteiger partial charge in [0.15, 0.2) is 0 Å². The van der Waals surface area contributed by atoms with Crippen LogP contribution in [0.15, 0.2) is 36.7 Å². The summed E-state index contributed by atoms with van der Waals surface area (Å²) in [7, 11) is 0. The van der Waals surface area contributed by atoms with Crippen LogP contribution in [0.25, 0.3) is 0 Å². The number of nitrogen functional groups attached to an aromatic ring is 1. The number of carbonyl (C=O) groups excluding carboxylic acids is 1. The third kappa shape index (κ3) is 2.37. The van der Waals surface area contributed by atoms with Crippen LogP contribution < -0.4 is 11.1 Å². The average Bonchev–Trinajstić information content (AvgIpc) is 2.33. The maximum absolute atomic E-state index is 12.8. The normalized spacial score (nSPS) is 10.1. The number of amides is 1. The summed E-state index contributed by atoms with van der Waals surface area (Å²) in [5.41, 5.74) is 6.00. The highest BCUT2D eigenvalue weighted by molar-refractivity contribution is 6.07. The number of aromatic nitrogens is 1. The monoisotopic (exact) mass is 247 g/mol. The van der Waals surface area contributed by atoms with Gasteiger partial charge in [0.25, 0.3) is 5.91 Å². The Kier molecular flexibility index (Phi) is 3.09. The quantitative estimate of drug-likeness (QED) is 0.705. The van der Waals surface area contributed by atoms with Crippen molar-refractivity contribution in [3.63, 3.8) is 0 Å². The number of aromatic hydroxyl groups is 1. The standard InChI is InChI=1S/C12H10FN3O2/c13-7-1-2-10(9(14)5-7)16-12(18)8-3-4-15-6-11(8)17/h1-6,17H,14H2,(H,16,18). The molecule has 0 aliphatic rings. The summed E-state index contributed by atoms with van der Waals surface area (Å²) in [5.74, 6) is -1.28. The van der Waals surface area contributed by atoms with Gasteiger partial charge in [-0.2, -0.15) is 0 Å². The van der Waals surface area contributed by atoms with Crippen LogP contribution in [0.4, 0.5) is 15.8 Å². The Morgan fingerprint density at radius 1 is 1.39 bits per heavy atom. The van der Waals surface area contributed by atoms with E-state index >= 15 is 0 Å². The number of benzene rings is 1. The van der Waals surface area contributed by atoms with Crippen LogP contribution >= 0.6 is 0 Å². The van der Waals surface area contributed by atoms with Crippen molar-refractivity contribution in [1.82, 2.24) is 4.98 Å². The molecular weight excluding hydrogens is 237 g/mol. The second-order valence-corrected chi connectivity index (χ2v) is 3.58. The SMILES string of the molecule is Nc1cc(F)ccc1NC(=O)c1ccncc1O. The molecule has 2 aromatic rings. The first-order valence-electron chi connectivity index (χ1n) is 5.07. The fraction of sp³-hybridized carbons (Fsp3) is 0. The van der Waals surface area contributed by atoms with Crippen molar-refractivity contribution in [1.29, 1.82) is 0 Å². The minimum atomic E-state index is -0.548. The first-order valence-corrected chi connectivity index (χ1v) is 5.07. The molecular formula is C12H10FN3O2. The van der Waals surface area contributed by atoms with Crippen LogP contribution in [0.2, 0.25) is 0 Å². The molecule has 0 radical (unpaired) electrons. The molecule has 0 unspecified atom stereocenters. The maximum Gasteiger partial charge on any atom is 0.259 e. The van der Waals surface area contributed by atoms with Gasteiger partial charge < -0.3 is 16.2 Å². The van der Waals surface area contributed by atoms with Crippen molar-refractivity contribution in [2.75, 3.05) is 11.1 Å². The molecule has 1 aromatic carbocycles. The van der Waals surface area contributed by atoms with Crippen molar-refractivity contribution in [3.05, 3.63) is 48.0 Å². The summed E-state index contributed by atoms with van der Waals surface area (Å²) in [6.45, 7) is 0. The summed E-state index contributed by atoms with van der Waals surface area (Å²) in [6.07, 6.45) is 2.53. The fourth-order valence-electron chi connectivity index (χ4n) is 1.42. The molecule has 0 saturated heterocycles. The second kappa shape index (κ2) is 4.70. The zero-order chi connectivity index (χ0) is 13.1. The van der Waals surface area contributed by atoms with Crippen LogP contribution in [-0.2, 0) is 0 Å². The molecule has 0 atom stereocenters. The number of nitrogens with zero attached hydrogens (tertiary/aromatic N) is 1. The van der Waals surface area contributed by atoms with Gasteiger partial charge in [0, 0.05) is 6.20 Å². The number of halogens is 1. The summed E-state index contributed by atoms with van der Waals surface area (Å²) in [5, 5.41) is 11.9. The molecule has 0 aliphatic heterocycles. The molecule has 0 bridgehead atoms. The van der Waals surface area contributed by atoms with Crippen LogP contribution in [-0.4, -0.2) is 16.0 Å². The highest BCUT2D eigenvalue weighted by Crippen LogP contribution is 2.21. The van der Waals surface area contributed by atoms with Crippen molar-refractivity contribution in [2.24, 2.45) is 0 Å². The van der Waals surface area contributed by atoms with Gasteiger partial charge in [-0.25, -0.2) is 4.39 Å². The molecule has 1 amide bonds. The molecule has 0 fully saturated rings.